The summed E-state index contributed by atoms with van der Waals surface area (Å²) in [6, 6.07) is -0.235. The lowest BCUT2D eigenvalue weighted by Gasteiger charge is -2.36. The Hall–Kier alpha value is -0.460. The van der Waals surface area contributed by atoms with Gasteiger partial charge in [0, 0.05) is 24.5 Å². The number of carbonyl (C=O) groups is 1. The Morgan fingerprint density at radius 3 is 2.59 bits per heavy atom. The number of ether oxygens (including phenoxy) is 1. The molecule has 2 bridgehead atoms. The number of hydrogen-bond donors (Lipinski definition) is 1. The summed E-state index contributed by atoms with van der Waals surface area (Å²) < 4.78 is 33.6. The van der Waals surface area contributed by atoms with E-state index in [2.05, 4.69) is 18.6 Å². The molecule has 126 valence electrons. The monoisotopic (exact) mass is 329 g/mol. The standard InChI is InChI=1S/C16H27NO4S/c1-11(13-5-4-8-21-13)17-22(19,20)10-16-7-6-12(9-14(16)18)15(16,2)3/h11-13,17H,4-10H2,1-3H3/t11-,12+,13+,16+/m1/s1. The van der Waals surface area contributed by atoms with Crippen LogP contribution in [-0.4, -0.2) is 38.7 Å². The van der Waals surface area contributed by atoms with Crippen molar-refractivity contribution in [2.45, 2.75) is 65.0 Å². The van der Waals surface area contributed by atoms with Crippen LogP contribution in [0, 0.1) is 16.7 Å². The van der Waals surface area contributed by atoms with Crippen LogP contribution in [-0.2, 0) is 19.6 Å². The van der Waals surface area contributed by atoms with E-state index >= 15 is 0 Å². The van der Waals surface area contributed by atoms with Gasteiger partial charge >= 0.3 is 0 Å². The molecule has 2 saturated carbocycles. The van der Waals surface area contributed by atoms with E-state index in [0.717, 1.165) is 19.3 Å². The van der Waals surface area contributed by atoms with Crippen molar-refractivity contribution in [1.82, 2.24) is 4.72 Å². The van der Waals surface area contributed by atoms with Crippen LogP contribution in [0.5, 0.6) is 0 Å². The van der Waals surface area contributed by atoms with Crippen LogP contribution < -0.4 is 4.72 Å². The summed E-state index contributed by atoms with van der Waals surface area (Å²) in [5.74, 6) is 0.411. The van der Waals surface area contributed by atoms with Crippen molar-refractivity contribution in [3.8, 4) is 0 Å². The summed E-state index contributed by atoms with van der Waals surface area (Å²) in [6.45, 7) is 6.68. The molecule has 0 aromatic carbocycles. The van der Waals surface area contributed by atoms with Crippen LogP contribution >= 0.6 is 0 Å². The van der Waals surface area contributed by atoms with Crippen molar-refractivity contribution in [3.05, 3.63) is 0 Å². The molecular formula is C16H27NO4S. The molecule has 0 aromatic heterocycles. The van der Waals surface area contributed by atoms with Gasteiger partial charge in [0.1, 0.15) is 5.78 Å². The lowest BCUT2D eigenvalue weighted by atomic mass is 9.70. The molecule has 1 N–H and O–H groups in total. The van der Waals surface area contributed by atoms with Crippen molar-refractivity contribution >= 4 is 15.8 Å². The van der Waals surface area contributed by atoms with Gasteiger partial charge in [0.05, 0.1) is 11.9 Å². The first kappa shape index (κ1) is 16.4. The predicted octanol–water partition coefficient (Wildman–Crippen LogP) is 1.87. The zero-order valence-electron chi connectivity index (χ0n) is 13.7. The first-order chi connectivity index (χ1) is 10.2. The fraction of sp³-hybridized carbons (Fsp3) is 0.938. The fourth-order valence-electron chi connectivity index (χ4n) is 4.83. The first-order valence-corrected chi connectivity index (χ1v) is 9.98. The maximum absolute atomic E-state index is 12.7. The quantitative estimate of drug-likeness (QED) is 0.836. The molecule has 0 spiro atoms. The van der Waals surface area contributed by atoms with Crippen LogP contribution in [0.25, 0.3) is 0 Å². The summed E-state index contributed by atoms with van der Waals surface area (Å²) in [5, 5.41) is 0. The minimum Gasteiger partial charge on any atom is -0.377 e. The Kier molecular flexibility index (Phi) is 3.94. The average molecular weight is 329 g/mol. The highest BCUT2D eigenvalue weighted by Crippen LogP contribution is 2.64. The Balaban J connectivity index is 1.75. The number of Topliss-reactive ketones (excluding diaryl/α,β-unsaturated/α-hetero) is 1. The smallest absolute Gasteiger partial charge is 0.212 e. The minimum absolute atomic E-state index is 0.0455. The van der Waals surface area contributed by atoms with Gasteiger partial charge in [0.15, 0.2) is 0 Å². The van der Waals surface area contributed by atoms with Gasteiger partial charge < -0.3 is 4.74 Å². The van der Waals surface area contributed by atoms with E-state index in [1.165, 1.54) is 0 Å². The Morgan fingerprint density at radius 1 is 1.36 bits per heavy atom. The van der Waals surface area contributed by atoms with Gasteiger partial charge in [-0.25, -0.2) is 13.1 Å². The molecule has 3 aliphatic rings. The molecule has 3 rings (SSSR count). The molecule has 3 fully saturated rings. The predicted molar refractivity (Wildman–Crippen MR) is 83.9 cm³/mol. The van der Waals surface area contributed by atoms with Gasteiger partial charge in [-0.2, -0.15) is 0 Å². The van der Waals surface area contributed by atoms with Crippen LogP contribution in [0.1, 0.15) is 52.9 Å². The van der Waals surface area contributed by atoms with Crippen LogP contribution in [0.15, 0.2) is 0 Å². The Labute approximate surface area is 133 Å². The van der Waals surface area contributed by atoms with Gasteiger partial charge in [-0.3, -0.25) is 4.79 Å². The van der Waals surface area contributed by atoms with Gasteiger partial charge in [0.2, 0.25) is 10.0 Å². The second kappa shape index (κ2) is 5.28. The van der Waals surface area contributed by atoms with E-state index in [9.17, 15) is 13.2 Å². The normalized spacial score (nSPS) is 38.6. The van der Waals surface area contributed by atoms with Crippen LogP contribution in [0.3, 0.4) is 0 Å². The number of sulfonamides is 1. The molecule has 2 aliphatic carbocycles. The van der Waals surface area contributed by atoms with Crippen molar-refractivity contribution < 1.29 is 17.9 Å². The second-order valence-electron chi connectivity index (χ2n) is 7.88. The molecule has 0 amide bonds. The molecule has 0 aromatic rings. The highest BCUT2D eigenvalue weighted by molar-refractivity contribution is 7.89. The van der Waals surface area contributed by atoms with E-state index in [-0.39, 0.29) is 29.1 Å². The van der Waals surface area contributed by atoms with Crippen LogP contribution in [0.2, 0.25) is 0 Å². The molecule has 1 heterocycles. The SMILES string of the molecule is C[C@@H](NS(=O)(=O)C[C@@]12CC[C@@H](CC1=O)C2(C)C)[C@@H]1CCCO1. The maximum atomic E-state index is 12.7. The Bertz CT molecular complexity index is 565. The third-order valence-corrected chi connectivity index (χ3v) is 8.07. The molecular weight excluding hydrogens is 302 g/mol. The lowest BCUT2D eigenvalue weighted by molar-refractivity contribution is -0.128. The number of nitrogens with one attached hydrogen (secondary N) is 1. The zero-order chi connectivity index (χ0) is 16.2. The largest absolute Gasteiger partial charge is 0.377 e. The highest BCUT2D eigenvalue weighted by atomic mass is 32.2. The Morgan fingerprint density at radius 2 is 2.09 bits per heavy atom. The first-order valence-electron chi connectivity index (χ1n) is 8.33. The second-order valence-corrected chi connectivity index (χ2v) is 9.64. The van der Waals surface area contributed by atoms with Gasteiger partial charge in [-0.05, 0) is 43.9 Å². The molecule has 5 nitrogen and oxygen atoms in total. The summed E-state index contributed by atoms with van der Waals surface area (Å²) in [6.07, 6.45) is 4.05. The molecule has 1 aliphatic heterocycles. The molecule has 6 heteroatoms. The van der Waals surface area contributed by atoms with Crippen LogP contribution in [0.4, 0.5) is 0 Å². The molecule has 4 atom stereocenters. The third kappa shape index (κ3) is 2.43. The van der Waals surface area contributed by atoms with Gasteiger partial charge in [-0.1, -0.05) is 13.8 Å². The van der Waals surface area contributed by atoms with Gasteiger partial charge in [-0.15, -0.1) is 0 Å². The average Bonchev–Trinajstić information content (AvgIpc) is 3.04. The number of rotatable bonds is 5. The molecule has 0 radical (unpaired) electrons. The molecule has 0 unspecified atom stereocenters. The number of ketones is 1. The summed E-state index contributed by atoms with van der Waals surface area (Å²) in [7, 11) is -3.50. The van der Waals surface area contributed by atoms with Crippen molar-refractivity contribution in [3.63, 3.8) is 0 Å². The minimum atomic E-state index is -3.50. The van der Waals surface area contributed by atoms with E-state index in [1.807, 2.05) is 6.92 Å². The molecule has 22 heavy (non-hydrogen) atoms. The lowest BCUT2D eigenvalue weighted by Crippen LogP contribution is -2.49. The summed E-state index contributed by atoms with van der Waals surface area (Å²) >= 11 is 0. The van der Waals surface area contributed by atoms with Crippen molar-refractivity contribution in [2.75, 3.05) is 12.4 Å². The third-order valence-electron chi connectivity index (χ3n) is 6.46. The zero-order valence-corrected chi connectivity index (χ0v) is 14.5. The van der Waals surface area contributed by atoms with Crippen molar-refractivity contribution in [2.24, 2.45) is 16.7 Å². The molecule has 1 saturated heterocycles. The van der Waals surface area contributed by atoms with E-state index < -0.39 is 15.4 Å². The fourth-order valence-corrected chi connectivity index (χ4v) is 6.96. The topological polar surface area (TPSA) is 72.5 Å². The number of hydrogen-bond acceptors (Lipinski definition) is 4. The van der Waals surface area contributed by atoms with Crippen molar-refractivity contribution in [1.29, 1.82) is 0 Å². The van der Waals surface area contributed by atoms with Gasteiger partial charge in [0.25, 0.3) is 0 Å². The van der Waals surface area contributed by atoms with E-state index in [0.29, 0.717) is 25.4 Å². The maximum Gasteiger partial charge on any atom is 0.212 e. The summed E-state index contributed by atoms with van der Waals surface area (Å²) in [5.41, 5.74) is -0.911. The number of carbonyl (C=O) groups excluding carboxylic acids is 1. The van der Waals surface area contributed by atoms with E-state index in [1.54, 1.807) is 0 Å². The van der Waals surface area contributed by atoms with E-state index in [4.69, 9.17) is 4.74 Å². The number of fused-ring (bicyclic) bond motifs is 2. The summed E-state index contributed by atoms with van der Waals surface area (Å²) in [4.78, 5) is 12.5. The highest BCUT2D eigenvalue weighted by Gasteiger charge is 2.65.